The second-order valence-corrected chi connectivity index (χ2v) is 6.05. The monoisotopic (exact) mass is 296 g/mol. The van der Waals surface area contributed by atoms with Gasteiger partial charge in [-0.1, -0.05) is 6.92 Å². The fourth-order valence-electron chi connectivity index (χ4n) is 1.54. The highest BCUT2D eigenvalue weighted by Gasteiger charge is 2.29. The maximum absolute atomic E-state index is 12.3. The van der Waals surface area contributed by atoms with Gasteiger partial charge in [-0.15, -0.1) is 0 Å². The fourth-order valence-corrected chi connectivity index (χ4v) is 2.84. The molecule has 1 rings (SSSR count). The molecular formula is C10H18F2N4O2S. The molecule has 19 heavy (non-hydrogen) atoms. The summed E-state index contributed by atoms with van der Waals surface area (Å²) >= 11 is 0. The van der Waals surface area contributed by atoms with E-state index in [1.54, 1.807) is 6.92 Å². The first-order chi connectivity index (χ1) is 8.80. The molecule has 110 valence electrons. The number of hydrogen-bond donors (Lipinski definition) is 2. The fraction of sp³-hybridized carbons (Fsp3) is 0.700. The highest BCUT2D eigenvalue weighted by Crippen LogP contribution is 2.20. The number of nitrogens with one attached hydrogen (secondary N) is 2. The summed E-state index contributed by atoms with van der Waals surface area (Å²) in [4.78, 5) is 0. The van der Waals surface area contributed by atoms with E-state index in [0.29, 0.717) is 28.7 Å². The second-order valence-electron chi connectivity index (χ2n) is 4.09. The summed E-state index contributed by atoms with van der Waals surface area (Å²) in [5, 5.41) is 9.10. The van der Waals surface area contributed by atoms with E-state index in [1.165, 1.54) is 0 Å². The van der Waals surface area contributed by atoms with Crippen LogP contribution in [0.5, 0.6) is 0 Å². The Morgan fingerprint density at radius 2 is 2.11 bits per heavy atom. The third-order valence-corrected chi connectivity index (χ3v) is 4.43. The van der Waals surface area contributed by atoms with Crippen molar-refractivity contribution < 1.29 is 17.2 Å². The average molecular weight is 296 g/mol. The second kappa shape index (κ2) is 6.40. The third-order valence-electron chi connectivity index (χ3n) is 2.64. The molecule has 0 saturated carbocycles. The number of halogens is 2. The zero-order chi connectivity index (χ0) is 14.6. The average Bonchev–Trinajstić information content (AvgIpc) is 2.67. The van der Waals surface area contributed by atoms with Crippen molar-refractivity contribution >= 4 is 10.0 Å². The number of hydrogen-bond acceptors (Lipinski definition) is 4. The van der Waals surface area contributed by atoms with Crippen molar-refractivity contribution in [3.8, 4) is 0 Å². The molecule has 0 aromatic carbocycles. The van der Waals surface area contributed by atoms with Crippen LogP contribution >= 0.6 is 0 Å². The third kappa shape index (κ3) is 3.71. The lowest BCUT2D eigenvalue weighted by molar-refractivity contribution is 0.126. The van der Waals surface area contributed by atoms with E-state index in [4.69, 9.17) is 0 Å². The van der Waals surface area contributed by atoms with Crippen LogP contribution in [-0.2, 0) is 16.6 Å². The van der Waals surface area contributed by atoms with Crippen LogP contribution in [0, 0.1) is 6.92 Å². The topological polar surface area (TPSA) is 78.1 Å². The van der Waals surface area contributed by atoms with Crippen molar-refractivity contribution in [2.45, 2.75) is 31.8 Å². The Labute approximate surface area is 111 Å². The lowest BCUT2D eigenvalue weighted by Crippen LogP contribution is -2.32. The van der Waals surface area contributed by atoms with Gasteiger partial charge in [-0.25, -0.2) is 17.2 Å². The zero-order valence-electron chi connectivity index (χ0n) is 11.1. The van der Waals surface area contributed by atoms with Crippen LogP contribution in [0.2, 0.25) is 0 Å². The summed E-state index contributed by atoms with van der Waals surface area (Å²) in [7, 11) is -2.89. The number of sulfonamides is 1. The Balaban J connectivity index is 3.07. The highest BCUT2D eigenvalue weighted by atomic mass is 32.2. The summed E-state index contributed by atoms with van der Waals surface area (Å²) in [6.45, 7) is 3.69. The Hall–Kier alpha value is -1.06. The van der Waals surface area contributed by atoms with Crippen molar-refractivity contribution in [1.82, 2.24) is 19.8 Å². The molecule has 9 heteroatoms. The molecule has 2 N–H and O–H groups in total. The van der Waals surface area contributed by atoms with Gasteiger partial charge in [-0.2, -0.15) is 9.40 Å². The Morgan fingerprint density at radius 3 is 2.63 bits per heavy atom. The first-order valence-corrected chi connectivity index (χ1v) is 7.23. The van der Waals surface area contributed by atoms with Gasteiger partial charge in [0.05, 0.1) is 6.54 Å². The van der Waals surface area contributed by atoms with Crippen LogP contribution in [0.15, 0.2) is 5.03 Å². The Bertz CT molecular complexity index is 516. The van der Waals surface area contributed by atoms with Gasteiger partial charge in [0, 0.05) is 24.8 Å². The minimum atomic E-state index is -4.00. The normalized spacial score (nSPS) is 12.6. The van der Waals surface area contributed by atoms with Crippen molar-refractivity contribution in [2.24, 2.45) is 0 Å². The maximum atomic E-state index is 12.3. The molecule has 0 radical (unpaired) electrons. The quantitative estimate of drug-likeness (QED) is 0.777. The van der Waals surface area contributed by atoms with Crippen molar-refractivity contribution in [3.05, 3.63) is 11.3 Å². The number of aromatic amines is 1. The number of nitrogens with zero attached hydrogens (tertiary/aromatic N) is 2. The maximum Gasteiger partial charge on any atom is 0.262 e. The first kappa shape index (κ1) is 16.0. The molecule has 1 aromatic heterocycles. The molecule has 0 atom stereocenters. The summed E-state index contributed by atoms with van der Waals surface area (Å²) in [6, 6.07) is 0. The molecule has 1 aromatic rings. The van der Waals surface area contributed by atoms with E-state index >= 15 is 0 Å². The zero-order valence-corrected chi connectivity index (χ0v) is 11.9. The molecule has 0 aliphatic rings. The summed E-state index contributed by atoms with van der Waals surface area (Å²) < 4.78 is 49.5. The van der Waals surface area contributed by atoms with Crippen LogP contribution in [0.4, 0.5) is 8.78 Å². The van der Waals surface area contributed by atoms with Crippen molar-refractivity contribution in [3.63, 3.8) is 0 Å². The number of rotatable bonds is 7. The molecule has 0 bridgehead atoms. The number of H-pyrrole nitrogens is 1. The largest absolute Gasteiger partial charge is 0.313 e. The van der Waals surface area contributed by atoms with Gasteiger partial charge in [0.2, 0.25) is 0 Å². The molecule has 0 saturated heterocycles. The molecule has 0 spiro atoms. The van der Waals surface area contributed by atoms with E-state index in [2.05, 4.69) is 15.5 Å². The van der Waals surface area contributed by atoms with Crippen LogP contribution in [0.1, 0.15) is 18.2 Å². The van der Waals surface area contributed by atoms with Gasteiger partial charge in [0.1, 0.15) is 0 Å². The van der Waals surface area contributed by atoms with Gasteiger partial charge >= 0.3 is 0 Å². The smallest absolute Gasteiger partial charge is 0.262 e. The van der Waals surface area contributed by atoms with Gasteiger partial charge in [-0.3, -0.25) is 5.10 Å². The minimum absolute atomic E-state index is 0.200. The molecule has 0 aliphatic carbocycles. The summed E-state index contributed by atoms with van der Waals surface area (Å²) in [5.41, 5.74) is 1.08. The van der Waals surface area contributed by atoms with Gasteiger partial charge < -0.3 is 5.32 Å². The minimum Gasteiger partial charge on any atom is -0.313 e. The van der Waals surface area contributed by atoms with Crippen LogP contribution in [0.25, 0.3) is 0 Å². The standard InChI is InChI=1S/C10H18F2N4O2S/c1-4-13-5-8-7(2)14-15-10(8)19(17,18)16(3)6-9(11)12/h9,13H,4-6H2,1-3H3,(H,14,15). The Morgan fingerprint density at radius 1 is 1.47 bits per heavy atom. The van der Waals surface area contributed by atoms with Crippen LogP contribution < -0.4 is 5.32 Å². The number of alkyl halides is 2. The molecular weight excluding hydrogens is 278 g/mol. The van der Waals surface area contributed by atoms with Gasteiger partial charge in [0.15, 0.2) is 5.03 Å². The highest BCUT2D eigenvalue weighted by molar-refractivity contribution is 7.89. The molecule has 0 unspecified atom stereocenters. The van der Waals surface area contributed by atoms with Gasteiger partial charge in [0.25, 0.3) is 16.4 Å². The molecule has 1 heterocycles. The summed E-state index contributed by atoms with van der Waals surface area (Å²) in [6.07, 6.45) is -2.72. The Kier molecular flexibility index (Phi) is 5.39. The SMILES string of the molecule is CCNCc1c(S(=O)(=O)N(C)CC(F)F)n[nH]c1C. The predicted molar refractivity (Wildman–Crippen MR) is 66.5 cm³/mol. The number of aromatic nitrogens is 2. The molecule has 0 aliphatic heterocycles. The molecule has 0 fully saturated rings. The van der Waals surface area contributed by atoms with Gasteiger partial charge in [-0.05, 0) is 13.5 Å². The van der Waals surface area contributed by atoms with E-state index in [-0.39, 0.29) is 5.03 Å². The first-order valence-electron chi connectivity index (χ1n) is 5.79. The summed E-state index contributed by atoms with van der Waals surface area (Å²) in [5.74, 6) is 0. The van der Waals surface area contributed by atoms with E-state index in [0.717, 1.165) is 7.05 Å². The van der Waals surface area contributed by atoms with E-state index < -0.39 is 23.0 Å². The lowest BCUT2D eigenvalue weighted by Gasteiger charge is -2.16. The predicted octanol–water partition coefficient (Wildman–Crippen LogP) is 0.713. The van der Waals surface area contributed by atoms with Crippen molar-refractivity contribution in [2.75, 3.05) is 20.1 Å². The molecule has 6 nitrogen and oxygen atoms in total. The van der Waals surface area contributed by atoms with E-state index in [1.807, 2.05) is 6.92 Å². The van der Waals surface area contributed by atoms with Crippen molar-refractivity contribution in [1.29, 1.82) is 0 Å². The lowest BCUT2D eigenvalue weighted by atomic mass is 10.2. The molecule has 0 amide bonds. The van der Waals surface area contributed by atoms with Crippen LogP contribution in [0.3, 0.4) is 0 Å². The van der Waals surface area contributed by atoms with E-state index in [9.17, 15) is 17.2 Å². The number of aryl methyl sites for hydroxylation is 1. The van der Waals surface area contributed by atoms with Crippen LogP contribution in [-0.4, -0.2) is 49.5 Å².